The highest BCUT2D eigenvalue weighted by Gasteiger charge is 2.40. The minimum Gasteiger partial charge on any atom is -0.356 e. The summed E-state index contributed by atoms with van der Waals surface area (Å²) in [6.07, 6.45) is 10.8. The first kappa shape index (κ1) is 15.1. The van der Waals surface area contributed by atoms with Crippen LogP contribution in [-0.4, -0.2) is 58.6 Å². The predicted molar refractivity (Wildman–Crippen MR) is 84.5 cm³/mol. The van der Waals surface area contributed by atoms with E-state index in [0.29, 0.717) is 24.3 Å². The van der Waals surface area contributed by atoms with Gasteiger partial charge in [-0.3, -0.25) is 0 Å². The third-order valence-electron chi connectivity index (χ3n) is 4.39. The monoisotopic (exact) mass is 278 g/mol. The minimum absolute atomic E-state index is 0.378. The van der Waals surface area contributed by atoms with Gasteiger partial charge in [-0.05, 0) is 19.3 Å². The maximum atomic E-state index is 2.50. The first-order valence-electron chi connectivity index (χ1n) is 7.79. The third-order valence-corrected chi connectivity index (χ3v) is 4.39. The summed E-state index contributed by atoms with van der Waals surface area (Å²) in [5, 5.41) is 0. The molecule has 114 valence electrons. The zero-order chi connectivity index (χ0) is 14.9. The van der Waals surface area contributed by atoms with E-state index in [2.05, 4.69) is 86.2 Å². The molecule has 0 spiro atoms. The summed E-state index contributed by atoms with van der Waals surface area (Å²) in [5.74, 6) is 0.672. The first-order valence-corrected chi connectivity index (χ1v) is 7.79. The van der Waals surface area contributed by atoms with Gasteiger partial charge in [0, 0.05) is 51.5 Å². The van der Waals surface area contributed by atoms with E-state index in [9.17, 15) is 0 Å². The van der Waals surface area contributed by atoms with Crippen LogP contribution in [0.4, 0.5) is 0 Å². The molecule has 0 aromatic heterocycles. The fraction of sp³-hybridized carbons (Fsp3) is 0.750. The summed E-state index contributed by atoms with van der Waals surface area (Å²) in [6.45, 7) is 10.2. The summed E-state index contributed by atoms with van der Waals surface area (Å²) in [5.41, 5.74) is 0. The molecule has 0 aliphatic carbocycles. The van der Waals surface area contributed by atoms with Crippen molar-refractivity contribution in [3.8, 4) is 0 Å². The standard InChI is InChI=1S/C16H30N4/c1-7-14(4)20-11-9-18(6)16(20)15-17(5)8-10-19(15)12-13(2)3/h8-11,13-16H,7,12H2,1-6H3. The fourth-order valence-electron chi connectivity index (χ4n) is 3.12. The minimum atomic E-state index is 0.378. The Bertz CT molecular complexity index is 377. The van der Waals surface area contributed by atoms with Gasteiger partial charge in [0.15, 0.2) is 0 Å². The van der Waals surface area contributed by atoms with Gasteiger partial charge < -0.3 is 19.6 Å². The Morgan fingerprint density at radius 1 is 0.900 bits per heavy atom. The second-order valence-corrected chi connectivity index (χ2v) is 6.55. The zero-order valence-corrected chi connectivity index (χ0v) is 13.8. The Kier molecular flexibility index (Phi) is 4.51. The second-order valence-electron chi connectivity index (χ2n) is 6.55. The van der Waals surface area contributed by atoms with Crippen LogP contribution in [-0.2, 0) is 0 Å². The molecule has 2 aliphatic heterocycles. The molecule has 3 unspecified atom stereocenters. The van der Waals surface area contributed by atoms with Crippen molar-refractivity contribution in [3.63, 3.8) is 0 Å². The van der Waals surface area contributed by atoms with Crippen LogP contribution in [0.15, 0.2) is 24.8 Å². The molecule has 3 atom stereocenters. The molecule has 2 rings (SSSR count). The number of rotatable bonds is 5. The zero-order valence-electron chi connectivity index (χ0n) is 13.8. The second kappa shape index (κ2) is 5.98. The lowest BCUT2D eigenvalue weighted by molar-refractivity contribution is 0.00524. The van der Waals surface area contributed by atoms with E-state index in [1.807, 2.05) is 0 Å². The van der Waals surface area contributed by atoms with E-state index in [0.717, 1.165) is 6.54 Å². The smallest absolute Gasteiger partial charge is 0.141 e. The van der Waals surface area contributed by atoms with Crippen LogP contribution >= 0.6 is 0 Å². The van der Waals surface area contributed by atoms with Gasteiger partial charge >= 0.3 is 0 Å². The highest BCUT2D eigenvalue weighted by molar-refractivity contribution is 5.07. The maximum Gasteiger partial charge on any atom is 0.141 e. The maximum absolute atomic E-state index is 2.50. The molecule has 0 bridgehead atoms. The van der Waals surface area contributed by atoms with E-state index in [-0.39, 0.29) is 0 Å². The number of hydrogen-bond donors (Lipinski definition) is 0. The van der Waals surface area contributed by atoms with Crippen molar-refractivity contribution in [2.75, 3.05) is 20.6 Å². The molecule has 0 saturated heterocycles. The molecule has 4 heteroatoms. The summed E-state index contributed by atoms with van der Waals surface area (Å²) in [7, 11) is 4.37. The van der Waals surface area contributed by atoms with Gasteiger partial charge in [-0.25, -0.2) is 0 Å². The average molecular weight is 278 g/mol. The van der Waals surface area contributed by atoms with Crippen LogP contribution < -0.4 is 0 Å². The lowest BCUT2D eigenvalue weighted by Crippen LogP contribution is -2.58. The van der Waals surface area contributed by atoms with Crippen LogP contribution in [0.1, 0.15) is 34.1 Å². The molecule has 0 amide bonds. The highest BCUT2D eigenvalue weighted by Crippen LogP contribution is 2.29. The van der Waals surface area contributed by atoms with Gasteiger partial charge in [0.05, 0.1) is 0 Å². The molecule has 0 radical (unpaired) electrons. The normalized spacial score (nSPS) is 27.4. The Hall–Kier alpha value is -1.32. The van der Waals surface area contributed by atoms with Gasteiger partial charge in [0.1, 0.15) is 12.3 Å². The van der Waals surface area contributed by atoms with Crippen molar-refractivity contribution in [1.82, 2.24) is 19.6 Å². The van der Waals surface area contributed by atoms with Crippen molar-refractivity contribution in [2.45, 2.75) is 52.5 Å². The Labute approximate surface area is 124 Å². The van der Waals surface area contributed by atoms with Crippen LogP contribution in [0.25, 0.3) is 0 Å². The molecule has 0 aromatic rings. The lowest BCUT2D eigenvalue weighted by Gasteiger charge is -2.44. The Balaban J connectivity index is 2.18. The van der Waals surface area contributed by atoms with Gasteiger partial charge in [-0.15, -0.1) is 0 Å². The molecule has 0 N–H and O–H groups in total. The van der Waals surface area contributed by atoms with Crippen molar-refractivity contribution >= 4 is 0 Å². The molecular weight excluding hydrogens is 248 g/mol. The number of hydrogen-bond acceptors (Lipinski definition) is 4. The largest absolute Gasteiger partial charge is 0.356 e. The average Bonchev–Trinajstić information content (AvgIpc) is 2.92. The molecule has 20 heavy (non-hydrogen) atoms. The van der Waals surface area contributed by atoms with Crippen molar-refractivity contribution < 1.29 is 0 Å². The van der Waals surface area contributed by atoms with E-state index < -0.39 is 0 Å². The molecule has 0 fully saturated rings. The van der Waals surface area contributed by atoms with Crippen LogP contribution in [0.5, 0.6) is 0 Å². The van der Waals surface area contributed by atoms with Crippen molar-refractivity contribution in [3.05, 3.63) is 24.8 Å². The lowest BCUT2D eigenvalue weighted by atomic mass is 10.1. The topological polar surface area (TPSA) is 13.0 Å². The van der Waals surface area contributed by atoms with Crippen LogP contribution in [0.3, 0.4) is 0 Å². The van der Waals surface area contributed by atoms with Gasteiger partial charge in [0.25, 0.3) is 0 Å². The number of likely N-dealkylation sites (N-methyl/N-ethyl adjacent to an activating group) is 2. The Morgan fingerprint density at radius 2 is 1.50 bits per heavy atom. The van der Waals surface area contributed by atoms with E-state index in [1.165, 1.54) is 6.42 Å². The molecule has 0 saturated carbocycles. The molecular formula is C16H30N4. The van der Waals surface area contributed by atoms with Crippen LogP contribution in [0, 0.1) is 5.92 Å². The Morgan fingerprint density at radius 3 is 2.10 bits per heavy atom. The van der Waals surface area contributed by atoms with E-state index in [1.54, 1.807) is 0 Å². The van der Waals surface area contributed by atoms with Crippen molar-refractivity contribution in [1.29, 1.82) is 0 Å². The molecule has 2 heterocycles. The summed E-state index contributed by atoms with van der Waals surface area (Å²) in [4.78, 5) is 9.66. The summed E-state index contributed by atoms with van der Waals surface area (Å²) < 4.78 is 0. The molecule has 4 nitrogen and oxygen atoms in total. The van der Waals surface area contributed by atoms with E-state index in [4.69, 9.17) is 0 Å². The number of nitrogens with zero attached hydrogens (tertiary/aromatic N) is 4. The quantitative estimate of drug-likeness (QED) is 0.766. The van der Waals surface area contributed by atoms with Crippen molar-refractivity contribution in [2.24, 2.45) is 5.92 Å². The molecule has 2 aliphatic rings. The first-order chi connectivity index (χ1) is 9.45. The van der Waals surface area contributed by atoms with Crippen LogP contribution in [0.2, 0.25) is 0 Å². The highest BCUT2D eigenvalue weighted by atomic mass is 15.5. The van der Waals surface area contributed by atoms with Gasteiger partial charge in [-0.1, -0.05) is 20.8 Å². The summed E-state index contributed by atoms with van der Waals surface area (Å²) in [6, 6.07) is 0.566. The van der Waals surface area contributed by atoms with Gasteiger partial charge in [-0.2, -0.15) is 0 Å². The van der Waals surface area contributed by atoms with Gasteiger partial charge in [0.2, 0.25) is 0 Å². The fourth-order valence-corrected chi connectivity index (χ4v) is 3.12. The SMILES string of the molecule is CCC(C)N1C=CN(C)C1C1N(C)C=CN1CC(C)C. The van der Waals surface area contributed by atoms with E-state index >= 15 is 0 Å². The summed E-state index contributed by atoms with van der Waals surface area (Å²) >= 11 is 0. The molecule has 0 aromatic carbocycles. The third kappa shape index (κ3) is 2.74. The predicted octanol–water partition coefficient (Wildman–Crippen LogP) is 2.53.